The number of carbonyl (C=O) groups is 1. The van der Waals surface area contributed by atoms with E-state index < -0.39 is 5.97 Å². The number of aromatic nitrogens is 4. The highest BCUT2D eigenvalue weighted by atomic mass is 16.4. The number of carboxylic acid groups (broad SMARTS) is 1. The van der Waals surface area contributed by atoms with Gasteiger partial charge in [0.05, 0.1) is 16.9 Å². The van der Waals surface area contributed by atoms with Crippen molar-refractivity contribution in [1.29, 1.82) is 0 Å². The molecular weight excluding hydrogens is 404 g/mol. The molecular formula is C24H20N6O2. The second kappa shape index (κ2) is 9.53. The smallest absolute Gasteiger partial charge is 0.381 e. The molecule has 0 spiro atoms. The Hall–Kier alpha value is -4.51. The molecule has 2 aromatic carbocycles. The second-order valence-electron chi connectivity index (χ2n) is 7.10. The number of hydrogen-bond acceptors (Lipinski definition) is 7. The van der Waals surface area contributed by atoms with E-state index in [1.807, 2.05) is 42.5 Å². The molecule has 0 aliphatic carbocycles. The highest BCUT2D eigenvalue weighted by Crippen LogP contribution is 2.25. The van der Waals surface area contributed by atoms with Crippen LogP contribution in [0.2, 0.25) is 0 Å². The summed E-state index contributed by atoms with van der Waals surface area (Å²) in [7, 11) is 0. The third-order valence-electron chi connectivity index (χ3n) is 4.72. The van der Waals surface area contributed by atoms with Gasteiger partial charge < -0.3 is 16.2 Å². The summed E-state index contributed by atoms with van der Waals surface area (Å²) in [5, 5.41) is 12.7. The fourth-order valence-corrected chi connectivity index (χ4v) is 3.16. The molecule has 0 amide bonds. The molecule has 8 heteroatoms. The van der Waals surface area contributed by atoms with E-state index in [0.29, 0.717) is 30.8 Å². The van der Waals surface area contributed by atoms with Crippen LogP contribution in [-0.4, -0.2) is 31.0 Å². The van der Waals surface area contributed by atoms with Gasteiger partial charge in [-0.05, 0) is 35.9 Å². The minimum absolute atomic E-state index is 0.434. The minimum Gasteiger partial charge on any atom is -0.472 e. The van der Waals surface area contributed by atoms with Crippen molar-refractivity contribution in [2.45, 2.75) is 19.3 Å². The third-order valence-corrected chi connectivity index (χ3v) is 4.72. The van der Waals surface area contributed by atoms with Crippen LogP contribution in [0.1, 0.15) is 23.4 Å². The van der Waals surface area contributed by atoms with E-state index >= 15 is 0 Å². The molecule has 4 rings (SSSR count). The van der Waals surface area contributed by atoms with Crippen molar-refractivity contribution in [2.24, 2.45) is 0 Å². The van der Waals surface area contributed by atoms with Crippen molar-refractivity contribution in [1.82, 2.24) is 19.9 Å². The maximum Gasteiger partial charge on any atom is 0.381 e. The molecule has 158 valence electrons. The minimum atomic E-state index is -1.12. The number of nitrogen functional groups attached to an aromatic ring is 1. The summed E-state index contributed by atoms with van der Waals surface area (Å²) >= 11 is 0. The fourth-order valence-electron chi connectivity index (χ4n) is 3.16. The maximum absolute atomic E-state index is 10.4. The predicted molar refractivity (Wildman–Crippen MR) is 122 cm³/mol. The predicted octanol–water partition coefficient (Wildman–Crippen LogP) is 3.36. The van der Waals surface area contributed by atoms with Crippen molar-refractivity contribution in [2.75, 3.05) is 11.1 Å². The molecule has 4 aromatic rings. The summed E-state index contributed by atoms with van der Waals surface area (Å²) in [6, 6.07) is 13.6. The van der Waals surface area contributed by atoms with Gasteiger partial charge in [-0.25, -0.2) is 14.8 Å². The molecule has 4 N–H and O–H groups in total. The van der Waals surface area contributed by atoms with Crippen LogP contribution in [0.3, 0.4) is 0 Å². The van der Waals surface area contributed by atoms with Gasteiger partial charge in [0, 0.05) is 54.3 Å². The number of hydrogen-bond donors (Lipinski definition) is 3. The quantitative estimate of drug-likeness (QED) is 0.318. The average Bonchev–Trinajstić information content (AvgIpc) is 2.79. The molecule has 0 aliphatic heterocycles. The van der Waals surface area contributed by atoms with Gasteiger partial charge in [0.25, 0.3) is 0 Å². The molecule has 0 aliphatic rings. The van der Waals surface area contributed by atoms with E-state index in [2.05, 4.69) is 37.1 Å². The Morgan fingerprint density at radius 3 is 2.53 bits per heavy atom. The van der Waals surface area contributed by atoms with Gasteiger partial charge >= 0.3 is 5.97 Å². The number of nitrogens with two attached hydrogens (primary N) is 1. The maximum atomic E-state index is 10.4. The number of benzene rings is 2. The molecule has 0 unspecified atom stereocenters. The van der Waals surface area contributed by atoms with Gasteiger partial charge in [0.1, 0.15) is 12.1 Å². The summed E-state index contributed by atoms with van der Waals surface area (Å²) in [5.41, 5.74) is 11.0. The van der Waals surface area contributed by atoms with Crippen LogP contribution >= 0.6 is 0 Å². The third kappa shape index (κ3) is 5.34. The molecule has 2 heterocycles. The van der Waals surface area contributed by atoms with Crippen LogP contribution in [-0.2, 0) is 17.6 Å². The first-order valence-corrected chi connectivity index (χ1v) is 9.94. The summed E-state index contributed by atoms with van der Waals surface area (Å²) in [4.78, 5) is 27.8. The van der Waals surface area contributed by atoms with E-state index in [1.54, 1.807) is 12.4 Å². The van der Waals surface area contributed by atoms with Crippen LogP contribution in [0.15, 0.2) is 61.2 Å². The standard InChI is InChI=1S/C24H20N6O2/c25-17-7-10-22-21(12-17)24(29-15-28-22)30-18-8-5-16(6-9-18)11-20-14-26-19(13-27-20)3-1-2-4-23(31)32/h5-10,12-15H,1,3,11,25H2,(H,31,32)(H,28,29,30). The van der Waals surface area contributed by atoms with Gasteiger partial charge in [-0.2, -0.15) is 0 Å². The second-order valence-corrected chi connectivity index (χ2v) is 7.10. The first-order valence-electron chi connectivity index (χ1n) is 9.94. The highest BCUT2D eigenvalue weighted by molar-refractivity contribution is 5.92. The number of nitrogens with zero attached hydrogens (tertiary/aromatic N) is 4. The zero-order valence-electron chi connectivity index (χ0n) is 17.1. The van der Waals surface area contributed by atoms with Crippen LogP contribution in [0.5, 0.6) is 0 Å². The molecule has 0 atom stereocenters. The van der Waals surface area contributed by atoms with Gasteiger partial charge in [0.2, 0.25) is 0 Å². The SMILES string of the molecule is Nc1ccc2ncnc(Nc3ccc(Cc4cnc(CCC#CC(=O)O)cn4)cc3)c2c1. The van der Waals surface area contributed by atoms with Crippen LogP contribution in [0, 0.1) is 11.8 Å². The van der Waals surface area contributed by atoms with Crippen LogP contribution in [0.4, 0.5) is 17.2 Å². The monoisotopic (exact) mass is 424 g/mol. The molecule has 0 fully saturated rings. The molecule has 32 heavy (non-hydrogen) atoms. The van der Waals surface area contributed by atoms with E-state index in [0.717, 1.165) is 33.5 Å². The lowest BCUT2D eigenvalue weighted by molar-refractivity contribution is -0.130. The zero-order chi connectivity index (χ0) is 22.3. The van der Waals surface area contributed by atoms with Gasteiger partial charge in [-0.1, -0.05) is 18.1 Å². The molecule has 0 radical (unpaired) electrons. The summed E-state index contributed by atoms with van der Waals surface area (Å²) < 4.78 is 0. The topological polar surface area (TPSA) is 127 Å². The normalized spacial score (nSPS) is 10.4. The van der Waals surface area contributed by atoms with Gasteiger partial charge in [-0.3, -0.25) is 9.97 Å². The van der Waals surface area contributed by atoms with E-state index in [9.17, 15) is 4.79 Å². The Balaban J connectivity index is 1.39. The fraction of sp³-hybridized carbons (Fsp3) is 0.125. The van der Waals surface area contributed by atoms with Crippen molar-refractivity contribution in [3.8, 4) is 11.8 Å². The Morgan fingerprint density at radius 2 is 1.78 bits per heavy atom. The lowest BCUT2D eigenvalue weighted by atomic mass is 10.1. The Bertz CT molecular complexity index is 1310. The molecule has 8 nitrogen and oxygen atoms in total. The number of carboxylic acids is 1. The zero-order valence-corrected chi connectivity index (χ0v) is 17.1. The van der Waals surface area contributed by atoms with Crippen LogP contribution < -0.4 is 11.1 Å². The lowest BCUT2D eigenvalue weighted by Crippen LogP contribution is -1.99. The average molecular weight is 424 g/mol. The first-order chi connectivity index (χ1) is 15.6. The number of rotatable bonds is 6. The highest BCUT2D eigenvalue weighted by Gasteiger charge is 2.06. The molecule has 0 saturated heterocycles. The Morgan fingerprint density at radius 1 is 1.00 bits per heavy atom. The number of aliphatic carboxylic acids is 1. The van der Waals surface area contributed by atoms with E-state index in [4.69, 9.17) is 10.8 Å². The largest absolute Gasteiger partial charge is 0.472 e. The number of fused-ring (bicyclic) bond motifs is 1. The van der Waals surface area contributed by atoms with Gasteiger partial charge in [0.15, 0.2) is 0 Å². The summed E-state index contributed by atoms with van der Waals surface area (Å²) in [6.07, 6.45) is 6.62. The number of aryl methyl sites for hydroxylation is 1. The number of nitrogens with one attached hydrogen (secondary N) is 1. The summed E-state index contributed by atoms with van der Waals surface area (Å²) in [6.45, 7) is 0. The van der Waals surface area contributed by atoms with Crippen molar-refractivity contribution in [3.05, 3.63) is 78.1 Å². The lowest BCUT2D eigenvalue weighted by Gasteiger charge is -2.09. The summed E-state index contributed by atoms with van der Waals surface area (Å²) in [5.74, 6) is 4.25. The van der Waals surface area contributed by atoms with Crippen molar-refractivity contribution in [3.63, 3.8) is 0 Å². The van der Waals surface area contributed by atoms with E-state index in [1.165, 1.54) is 6.33 Å². The molecule has 2 aromatic heterocycles. The Labute approximate surface area is 184 Å². The Kier molecular flexibility index (Phi) is 6.18. The molecule has 0 saturated carbocycles. The first kappa shape index (κ1) is 20.8. The van der Waals surface area contributed by atoms with Crippen molar-refractivity contribution >= 4 is 34.1 Å². The van der Waals surface area contributed by atoms with E-state index in [-0.39, 0.29) is 0 Å². The number of anilines is 3. The molecule has 0 bridgehead atoms. The van der Waals surface area contributed by atoms with Crippen molar-refractivity contribution < 1.29 is 9.90 Å². The van der Waals surface area contributed by atoms with Crippen LogP contribution in [0.25, 0.3) is 10.9 Å². The van der Waals surface area contributed by atoms with Gasteiger partial charge in [-0.15, -0.1) is 0 Å².